The Balaban J connectivity index is 1.60. The minimum Gasteiger partial charge on any atom is -0.495 e. The largest absolute Gasteiger partial charge is 0.495 e. The van der Waals surface area contributed by atoms with Crippen molar-refractivity contribution >= 4 is 5.91 Å². The molecule has 0 spiro atoms. The van der Waals surface area contributed by atoms with Crippen LogP contribution < -0.4 is 9.47 Å². The van der Waals surface area contributed by atoms with Gasteiger partial charge in [-0.3, -0.25) is 9.78 Å². The van der Waals surface area contributed by atoms with Gasteiger partial charge in [0.25, 0.3) is 0 Å². The maximum absolute atomic E-state index is 12.9. The number of carbonyl (C=O) groups is 1. The van der Waals surface area contributed by atoms with E-state index in [1.54, 1.807) is 37.6 Å². The lowest BCUT2D eigenvalue weighted by molar-refractivity contribution is -0.131. The predicted molar refractivity (Wildman–Crippen MR) is 91.1 cm³/mol. The van der Waals surface area contributed by atoms with Gasteiger partial charge in [0.05, 0.1) is 25.3 Å². The van der Waals surface area contributed by atoms with Crippen LogP contribution in [0.3, 0.4) is 0 Å². The highest BCUT2D eigenvalue weighted by molar-refractivity contribution is 5.79. The SMILES string of the molecule is COc1cccnc1CC(=O)N1CCC[C@H]1COc1ccc(F)cc1. The van der Waals surface area contributed by atoms with Gasteiger partial charge in [-0.25, -0.2) is 4.39 Å². The maximum Gasteiger partial charge on any atom is 0.229 e. The van der Waals surface area contributed by atoms with Crippen LogP contribution >= 0.6 is 0 Å². The van der Waals surface area contributed by atoms with E-state index >= 15 is 0 Å². The highest BCUT2D eigenvalue weighted by atomic mass is 19.1. The first-order valence-electron chi connectivity index (χ1n) is 8.33. The quantitative estimate of drug-likeness (QED) is 0.809. The molecule has 0 bridgehead atoms. The lowest BCUT2D eigenvalue weighted by Gasteiger charge is -2.25. The van der Waals surface area contributed by atoms with Gasteiger partial charge in [0.1, 0.15) is 23.9 Å². The van der Waals surface area contributed by atoms with Crippen LogP contribution in [0.2, 0.25) is 0 Å². The zero-order chi connectivity index (χ0) is 17.6. The molecule has 0 radical (unpaired) electrons. The summed E-state index contributed by atoms with van der Waals surface area (Å²) in [6.07, 6.45) is 3.70. The summed E-state index contributed by atoms with van der Waals surface area (Å²) in [5.74, 6) is 0.942. The fourth-order valence-corrected chi connectivity index (χ4v) is 3.05. The number of pyridine rings is 1. The number of likely N-dealkylation sites (tertiary alicyclic amines) is 1. The van der Waals surface area contributed by atoms with Gasteiger partial charge in [0.15, 0.2) is 0 Å². The number of benzene rings is 1. The van der Waals surface area contributed by atoms with Crippen LogP contribution in [0, 0.1) is 5.82 Å². The first-order chi connectivity index (χ1) is 12.2. The molecule has 0 unspecified atom stereocenters. The molecule has 0 aliphatic carbocycles. The number of hydrogen-bond donors (Lipinski definition) is 0. The highest BCUT2D eigenvalue weighted by Gasteiger charge is 2.29. The average molecular weight is 344 g/mol. The van der Waals surface area contributed by atoms with E-state index in [1.165, 1.54) is 12.1 Å². The van der Waals surface area contributed by atoms with Crippen molar-refractivity contribution in [1.82, 2.24) is 9.88 Å². The Labute approximate surface area is 146 Å². The Kier molecular flexibility index (Phi) is 5.48. The zero-order valence-electron chi connectivity index (χ0n) is 14.2. The highest BCUT2D eigenvalue weighted by Crippen LogP contribution is 2.22. The number of aromatic nitrogens is 1. The van der Waals surface area contributed by atoms with Gasteiger partial charge in [-0.15, -0.1) is 0 Å². The summed E-state index contributed by atoms with van der Waals surface area (Å²) >= 11 is 0. The number of carbonyl (C=O) groups excluding carboxylic acids is 1. The molecule has 1 aromatic carbocycles. The van der Waals surface area contributed by atoms with Crippen LogP contribution in [0.25, 0.3) is 0 Å². The molecule has 2 heterocycles. The molecule has 0 saturated carbocycles. The molecule has 1 amide bonds. The van der Waals surface area contributed by atoms with Crippen molar-refractivity contribution in [3.63, 3.8) is 0 Å². The van der Waals surface area contributed by atoms with E-state index < -0.39 is 0 Å². The van der Waals surface area contributed by atoms with Gasteiger partial charge in [-0.2, -0.15) is 0 Å². The van der Waals surface area contributed by atoms with Gasteiger partial charge in [0, 0.05) is 12.7 Å². The third-order valence-electron chi connectivity index (χ3n) is 4.34. The van der Waals surface area contributed by atoms with E-state index in [2.05, 4.69) is 4.98 Å². The van der Waals surface area contributed by atoms with E-state index in [4.69, 9.17) is 9.47 Å². The van der Waals surface area contributed by atoms with E-state index in [0.29, 0.717) is 30.3 Å². The molecule has 0 N–H and O–H groups in total. The lowest BCUT2D eigenvalue weighted by Crippen LogP contribution is -2.40. The summed E-state index contributed by atoms with van der Waals surface area (Å²) in [5, 5.41) is 0. The summed E-state index contributed by atoms with van der Waals surface area (Å²) in [6.45, 7) is 1.11. The number of methoxy groups -OCH3 is 1. The van der Waals surface area contributed by atoms with Gasteiger partial charge in [0.2, 0.25) is 5.91 Å². The minimum atomic E-state index is -0.297. The van der Waals surface area contributed by atoms with Crippen LogP contribution in [0.1, 0.15) is 18.5 Å². The van der Waals surface area contributed by atoms with Crippen LogP contribution in [-0.4, -0.2) is 42.1 Å². The van der Waals surface area contributed by atoms with E-state index in [0.717, 1.165) is 12.8 Å². The maximum atomic E-state index is 12.9. The molecule has 1 fully saturated rings. The molecule has 132 valence electrons. The number of ether oxygens (including phenoxy) is 2. The molecule has 1 aliphatic heterocycles. The lowest BCUT2D eigenvalue weighted by atomic mass is 10.2. The second-order valence-electron chi connectivity index (χ2n) is 5.98. The molecule has 1 aromatic heterocycles. The molecule has 6 heteroatoms. The second-order valence-corrected chi connectivity index (χ2v) is 5.98. The molecular weight excluding hydrogens is 323 g/mol. The van der Waals surface area contributed by atoms with Gasteiger partial charge >= 0.3 is 0 Å². The van der Waals surface area contributed by atoms with Crippen molar-refractivity contribution in [2.45, 2.75) is 25.3 Å². The van der Waals surface area contributed by atoms with Crippen LogP contribution in [0.15, 0.2) is 42.6 Å². The summed E-state index contributed by atoms with van der Waals surface area (Å²) < 4.78 is 23.9. The fourth-order valence-electron chi connectivity index (χ4n) is 3.05. The fraction of sp³-hybridized carbons (Fsp3) is 0.368. The summed E-state index contributed by atoms with van der Waals surface area (Å²) in [7, 11) is 1.57. The molecule has 3 rings (SSSR count). The van der Waals surface area contributed by atoms with Gasteiger partial charge < -0.3 is 14.4 Å². The summed E-state index contributed by atoms with van der Waals surface area (Å²) in [6, 6.07) is 9.51. The minimum absolute atomic E-state index is 0.0159. The molecule has 1 aliphatic rings. The Morgan fingerprint density at radius 2 is 2.12 bits per heavy atom. The number of nitrogens with zero attached hydrogens (tertiary/aromatic N) is 2. The Morgan fingerprint density at radius 1 is 1.32 bits per heavy atom. The van der Waals surface area contributed by atoms with Crippen molar-refractivity contribution in [2.75, 3.05) is 20.3 Å². The molecule has 1 atom stereocenters. The Bertz CT molecular complexity index is 721. The first kappa shape index (κ1) is 17.2. The van der Waals surface area contributed by atoms with Crippen molar-refractivity contribution in [1.29, 1.82) is 0 Å². The zero-order valence-corrected chi connectivity index (χ0v) is 14.2. The molecule has 2 aromatic rings. The van der Waals surface area contributed by atoms with Crippen molar-refractivity contribution in [3.05, 3.63) is 54.1 Å². The third kappa shape index (κ3) is 4.26. The number of halogens is 1. The predicted octanol–water partition coefficient (Wildman–Crippen LogP) is 2.84. The van der Waals surface area contributed by atoms with E-state index in [9.17, 15) is 9.18 Å². The van der Waals surface area contributed by atoms with Gasteiger partial charge in [-0.1, -0.05) is 0 Å². The van der Waals surface area contributed by atoms with Crippen LogP contribution in [-0.2, 0) is 11.2 Å². The third-order valence-corrected chi connectivity index (χ3v) is 4.34. The summed E-state index contributed by atoms with van der Waals surface area (Å²) in [5.41, 5.74) is 0.639. The van der Waals surface area contributed by atoms with Crippen LogP contribution in [0.5, 0.6) is 11.5 Å². The van der Waals surface area contributed by atoms with Crippen molar-refractivity contribution < 1.29 is 18.7 Å². The molecule has 1 saturated heterocycles. The van der Waals surface area contributed by atoms with Gasteiger partial charge in [-0.05, 0) is 49.2 Å². The Hall–Kier alpha value is -2.63. The average Bonchev–Trinajstić information content (AvgIpc) is 3.10. The number of amides is 1. The molecular formula is C19H21FN2O3. The monoisotopic (exact) mass is 344 g/mol. The normalized spacial score (nSPS) is 16.7. The number of hydrogen-bond acceptors (Lipinski definition) is 4. The molecule has 5 nitrogen and oxygen atoms in total. The first-order valence-corrected chi connectivity index (χ1v) is 8.33. The van der Waals surface area contributed by atoms with Crippen molar-refractivity contribution in [3.8, 4) is 11.5 Å². The standard InChI is InChI=1S/C19H21FN2O3/c1-24-18-5-2-10-21-17(18)12-19(23)22-11-3-4-15(22)13-25-16-8-6-14(20)7-9-16/h2,5-10,15H,3-4,11-13H2,1H3/t15-/m0/s1. The van der Waals surface area contributed by atoms with Crippen LogP contribution in [0.4, 0.5) is 4.39 Å². The second kappa shape index (κ2) is 7.96. The topological polar surface area (TPSA) is 51.7 Å². The number of rotatable bonds is 6. The smallest absolute Gasteiger partial charge is 0.229 e. The van der Waals surface area contributed by atoms with E-state index in [1.807, 2.05) is 4.90 Å². The Morgan fingerprint density at radius 3 is 2.88 bits per heavy atom. The van der Waals surface area contributed by atoms with Crippen molar-refractivity contribution in [2.24, 2.45) is 0 Å². The van der Waals surface area contributed by atoms with E-state index in [-0.39, 0.29) is 24.2 Å². The molecule has 25 heavy (non-hydrogen) atoms. The summed E-state index contributed by atoms with van der Waals surface area (Å²) in [4.78, 5) is 18.8.